The van der Waals surface area contributed by atoms with Gasteiger partial charge in [-0.15, -0.1) is 0 Å². The molecule has 1 N–H and O–H groups in total. The molecule has 0 atom stereocenters. The topological polar surface area (TPSA) is 55.8 Å². The smallest absolute Gasteiger partial charge is 0.308 e. The molecule has 0 aromatic heterocycles. The average Bonchev–Trinajstić information content (AvgIpc) is 2.25. The first-order valence-corrected chi connectivity index (χ1v) is 4.65. The molecule has 0 aliphatic carbocycles. The number of methoxy groups -OCH3 is 1. The van der Waals surface area contributed by atoms with Gasteiger partial charge in [-0.25, -0.2) is 0 Å². The first kappa shape index (κ1) is 11.5. The highest BCUT2D eigenvalue weighted by atomic mass is 16.7. The molecule has 0 amide bonds. The maximum absolute atomic E-state index is 11.1. The van der Waals surface area contributed by atoms with Crippen molar-refractivity contribution in [2.75, 3.05) is 13.9 Å². The van der Waals surface area contributed by atoms with E-state index in [0.29, 0.717) is 12.8 Å². The molecule has 82 valence electrons. The van der Waals surface area contributed by atoms with Crippen molar-refractivity contribution < 1.29 is 19.4 Å². The van der Waals surface area contributed by atoms with Crippen LogP contribution in [0.1, 0.15) is 12.0 Å². The summed E-state index contributed by atoms with van der Waals surface area (Å²) in [4.78, 5) is 11.1. The number of carbonyl (C=O) groups is 1. The third kappa shape index (κ3) is 4.46. The summed E-state index contributed by atoms with van der Waals surface area (Å²) in [7, 11) is 1.47. The van der Waals surface area contributed by atoms with Crippen LogP contribution in [0.4, 0.5) is 0 Å². The number of phenolic OH excluding ortho intramolecular Hbond substituents is 1. The zero-order valence-corrected chi connectivity index (χ0v) is 8.60. The molecule has 0 unspecified atom stereocenters. The van der Waals surface area contributed by atoms with Crippen LogP contribution in [0.2, 0.25) is 0 Å². The van der Waals surface area contributed by atoms with Crippen LogP contribution < -0.4 is 0 Å². The molecule has 4 nitrogen and oxygen atoms in total. The lowest BCUT2D eigenvalue weighted by Crippen LogP contribution is -2.07. The van der Waals surface area contributed by atoms with Crippen molar-refractivity contribution in [2.45, 2.75) is 12.8 Å². The molecule has 1 aromatic carbocycles. The molecule has 0 saturated heterocycles. The highest BCUT2D eigenvalue weighted by Crippen LogP contribution is 2.11. The van der Waals surface area contributed by atoms with Gasteiger partial charge in [-0.05, 0) is 24.1 Å². The first-order chi connectivity index (χ1) is 7.22. The van der Waals surface area contributed by atoms with Crippen LogP contribution in [0.15, 0.2) is 24.3 Å². The number of rotatable bonds is 5. The minimum atomic E-state index is -0.287. The Bertz CT molecular complexity index is 305. The van der Waals surface area contributed by atoms with E-state index in [1.54, 1.807) is 24.3 Å². The van der Waals surface area contributed by atoms with E-state index in [1.165, 1.54) is 7.11 Å². The van der Waals surface area contributed by atoms with Crippen molar-refractivity contribution >= 4 is 5.97 Å². The minimum Gasteiger partial charge on any atom is -0.508 e. The van der Waals surface area contributed by atoms with Crippen molar-refractivity contribution in [3.05, 3.63) is 29.8 Å². The maximum Gasteiger partial charge on any atom is 0.308 e. The number of aromatic hydroxyl groups is 1. The van der Waals surface area contributed by atoms with Gasteiger partial charge in [-0.1, -0.05) is 12.1 Å². The predicted molar refractivity (Wildman–Crippen MR) is 54.4 cm³/mol. The summed E-state index contributed by atoms with van der Waals surface area (Å²) in [5, 5.41) is 9.04. The summed E-state index contributed by atoms with van der Waals surface area (Å²) in [6, 6.07) is 6.74. The van der Waals surface area contributed by atoms with E-state index in [-0.39, 0.29) is 18.5 Å². The van der Waals surface area contributed by atoms with Gasteiger partial charge in [0.25, 0.3) is 0 Å². The van der Waals surface area contributed by atoms with E-state index in [9.17, 15) is 4.79 Å². The molecule has 1 rings (SSSR count). The van der Waals surface area contributed by atoms with Gasteiger partial charge in [-0.3, -0.25) is 4.79 Å². The van der Waals surface area contributed by atoms with Crippen molar-refractivity contribution in [2.24, 2.45) is 0 Å². The minimum absolute atomic E-state index is 0.00554. The van der Waals surface area contributed by atoms with Gasteiger partial charge in [0.2, 0.25) is 0 Å². The summed E-state index contributed by atoms with van der Waals surface area (Å²) < 4.78 is 9.33. The van der Waals surface area contributed by atoms with Crippen molar-refractivity contribution in [3.8, 4) is 5.75 Å². The molecular formula is C11H14O4. The number of aryl methyl sites for hydroxylation is 1. The van der Waals surface area contributed by atoms with E-state index in [4.69, 9.17) is 9.84 Å². The summed E-state index contributed by atoms with van der Waals surface area (Å²) in [6.07, 6.45) is 0.914. The number of ether oxygens (including phenoxy) is 2. The Kier molecular flexibility index (Phi) is 4.63. The van der Waals surface area contributed by atoms with Crippen LogP contribution in [0, 0.1) is 0 Å². The van der Waals surface area contributed by atoms with Gasteiger partial charge >= 0.3 is 5.97 Å². The number of benzene rings is 1. The number of hydrogen-bond acceptors (Lipinski definition) is 4. The van der Waals surface area contributed by atoms with Gasteiger partial charge in [0.1, 0.15) is 5.75 Å². The Hall–Kier alpha value is -1.55. The van der Waals surface area contributed by atoms with E-state index in [0.717, 1.165) is 5.56 Å². The molecule has 15 heavy (non-hydrogen) atoms. The lowest BCUT2D eigenvalue weighted by molar-refractivity contribution is -0.153. The predicted octanol–water partition coefficient (Wildman–Crippen LogP) is 1.47. The summed E-state index contributed by atoms with van der Waals surface area (Å²) in [5.74, 6) is -0.0642. The first-order valence-electron chi connectivity index (χ1n) is 4.65. The average molecular weight is 210 g/mol. The lowest BCUT2D eigenvalue weighted by atomic mass is 10.1. The molecule has 0 fully saturated rings. The quantitative estimate of drug-likeness (QED) is 0.590. The zero-order chi connectivity index (χ0) is 11.1. The lowest BCUT2D eigenvalue weighted by Gasteiger charge is -2.03. The molecular weight excluding hydrogens is 196 g/mol. The second-order valence-electron chi connectivity index (χ2n) is 3.09. The molecule has 0 saturated carbocycles. The Morgan fingerprint density at radius 2 is 2.00 bits per heavy atom. The van der Waals surface area contributed by atoms with E-state index in [1.807, 2.05) is 0 Å². The van der Waals surface area contributed by atoms with Gasteiger partial charge in [0.05, 0.1) is 0 Å². The maximum atomic E-state index is 11.1. The summed E-state index contributed by atoms with van der Waals surface area (Å²) >= 11 is 0. The normalized spacial score (nSPS) is 9.93. The molecule has 0 aliphatic heterocycles. The van der Waals surface area contributed by atoms with Gasteiger partial charge in [0, 0.05) is 13.5 Å². The van der Waals surface area contributed by atoms with Gasteiger partial charge < -0.3 is 14.6 Å². The van der Waals surface area contributed by atoms with E-state index in [2.05, 4.69) is 4.74 Å². The number of phenols is 1. The van der Waals surface area contributed by atoms with Crippen LogP contribution in [0.5, 0.6) is 5.75 Å². The Morgan fingerprint density at radius 1 is 1.33 bits per heavy atom. The Morgan fingerprint density at radius 3 is 2.60 bits per heavy atom. The van der Waals surface area contributed by atoms with E-state index < -0.39 is 0 Å². The molecule has 1 aromatic rings. The largest absolute Gasteiger partial charge is 0.508 e. The molecule has 0 aliphatic rings. The molecule has 0 bridgehead atoms. The number of hydrogen-bond donors (Lipinski definition) is 1. The zero-order valence-electron chi connectivity index (χ0n) is 8.60. The SMILES string of the molecule is COCOC(=O)CCc1ccc(O)cc1. The Balaban J connectivity index is 2.30. The van der Waals surface area contributed by atoms with Crippen molar-refractivity contribution in [1.29, 1.82) is 0 Å². The standard InChI is InChI=1S/C11H14O4/c1-14-8-15-11(13)7-4-9-2-5-10(12)6-3-9/h2-3,5-6,12H,4,7-8H2,1H3. The fourth-order valence-corrected chi connectivity index (χ4v) is 1.11. The van der Waals surface area contributed by atoms with Crippen LogP contribution in [0.3, 0.4) is 0 Å². The highest BCUT2D eigenvalue weighted by molar-refractivity contribution is 5.69. The van der Waals surface area contributed by atoms with Crippen LogP contribution >= 0.6 is 0 Å². The highest BCUT2D eigenvalue weighted by Gasteiger charge is 2.02. The van der Waals surface area contributed by atoms with Crippen LogP contribution in [-0.4, -0.2) is 25.0 Å². The van der Waals surface area contributed by atoms with Crippen LogP contribution in [-0.2, 0) is 20.7 Å². The number of carbonyl (C=O) groups excluding carboxylic acids is 1. The fraction of sp³-hybridized carbons (Fsp3) is 0.364. The van der Waals surface area contributed by atoms with Crippen molar-refractivity contribution in [3.63, 3.8) is 0 Å². The molecule has 0 heterocycles. The monoisotopic (exact) mass is 210 g/mol. The van der Waals surface area contributed by atoms with Gasteiger partial charge in [-0.2, -0.15) is 0 Å². The van der Waals surface area contributed by atoms with E-state index >= 15 is 0 Å². The Labute approximate surface area is 88.4 Å². The van der Waals surface area contributed by atoms with Crippen LogP contribution in [0.25, 0.3) is 0 Å². The second-order valence-corrected chi connectivity index (χ2v) is 3.09. The van der Waals surface area contributed by atoms with Crippen molar-refractivity contribution in [1.82, 2.24) is 0 Å². The number of esters is 1. The molecule has 4 heteroatoms. The summed E-state index contributed by atoms with van der Waals surface area (Å²) in [6.45, 7) is -0.00554. The third-order valence-electron chi connectivity index (χ3n) is 1.89. The molecule has 0 radical (unpaired) electrons. The second kappa shape index (κ2) is 6.03. The van der Waals surface area contributed by atoms with Gasteiger partial charge in [0.15, 0.2) is 6.79 Å². The fourth-order valence-electron chi connectivity index (χ4n) is 1.11. The summed E-state index contributed by atoms with van der Waals surface area (Å²) in [5.41, 5.74) is 0.988. The third-order valence-corrected chi connectivity index (χ3v) is 1.89. The molecule has 0 spiro atoms.